The molecule has 2 N–H and O–H groups in total. The van der Waals surface area contributed by atoms with E-state index in [4.69, 9.17) is 4.74 Å². The molecule has 74 valence electrons. The van der Waals surface area contributed by atoms with Crippen molar-refractivity contribution in [3.05, 3.63) is 35.2 Å². The van der Waals surface area contributed by atoms with Gasteiger partial charge in [0, 0.05) is 11.4 Å². The molecule has 2 amide bonds. The maximum absolute atomic E-state index is 11.2. The number of hydrogen-bond acceptors (Lipinski definition) is 3. The van der Waals surface area contributed by atoms with Gasteiger partial charge in [-0.2, -0.15) is 0 Å². The SMILES string of the molecule is O=C1NC=c2ccc3c(c2N1)OC=CN=3. The normalized spacial score (nSPS) is 15.9. The van der Waals surface area contributed by atoms with Gasteiger partial charge in [0.05, 0.1) is 11.9 Å². The first-order valence-electron chi connectivity index (χ1n) is 4.45. The van der Waals surface area contributed by atoms with Gasteiger partial charge < -0.3 is 15.4 Å². The second kappa shape index (κ2) is 2.84. The summed E-state index contributed by atoms with van der Waals surface area (Å²) in [6, 6.07) is 3.44. The number of urea groups is 1. The van der Waals surface area contributed by atoms with Gasteiger partial charge in [0.2, 0.25) is 0 Å². The molecule has 3 rings (SSSR count). The fourth-order valence-corrected chi connectivity index (χ4v) is 1.56. The van der Waals surface area contributed by atoms with Crippen LogP contribution < -0.4 is 25.9 Å². The third kappa shape index (κ3) is 1.17. The molecule has 0 fully saturated rings. The Morgan fingerprint density at radius 3 is 3.20 bits per heavy atom. The molecule has 2 aliphatic heterocycles. The quantitative estimate of drug-likeness (QED) is 0.622. The number of nitrogens with zero attached hydrogens (tertiary/aromatic N) is 1. The highest BCUT2D eigenvalue weighted by molar-refractivity contribution is 5.95. The van der Waals surface area contributed by atoms with Gasteiger partial charge in [0.25, 0.3) is 0 Å². The predicted molar refractivity (Wildman–Crippen MR) is 53.6 cm³/mol. The molecular formula is C10H7N3O2. The minimum absolute atomic E-state index is 0.269. The van der Waals surface area contributed by atoms with Crippen LogP contribution in [0.5, 0.6) is 5.75 Å². The van der Waals surface area contributed by atoms with Gasteiger partial charge in [-0.15, -0.1) is 0 Å². The lowest BCUT2D eigenvalue weighted by Crippen LogP contribution is -2.35. The Labute approximate surface area is 84.8 Å². The van der Waals surface area contributed by atoms with Crippen molar-refractivity contribution in [3.8, 4) is 5.75 Å². The summed E-state index contributed by atoms with van der Waals surface area (Å²) < 4.78 is 5.33. The zero-order valence-electron chi connectivity index (χ0n) is 7.65. The summed E-state index contributed by atoms with van der Waals surface area (Å²) in [6.45, 7) is 0. The summed E-state index contributed by atoms with van der Waals surface area (Å²) in [6.07, 6.45) is 4.69. The van der Waals surface area contributed by atoms with Crippen LogP contribution in [-0.2, 0) is 0 Å². The fourth-order valence-electron chi connectivity index (χ4n) is 1.56. The first kappa shape index (κ1) is 8.05. The first-order valence-corrected chi connectivity index (χ1v) is 4.45. The zero-order valence-corrected chi connectivity index (χ0v) is 7.65. The summed E-state index contributed by atoms with van der Waals surface area (Å²) in [5.41, 5.74) is 0.657. The van der Waals surface area contributed by atoms with E-state index in [1.807, 2.05) is 12.1 Å². The van der Waals surface area contributed by atoms with Crippen molar-refractivity contribution in [1.29, 1.82) is 0 Å². The van der Waals surface area contributed by atoms with Crippen LogP contribution in [0.3, 0.4) is 0 Å². The largest absolute Gasteiger partial charge is 0.459 e. The Bertz CT molecular complexity index is 589. The van der Waals surface area contributed by atoms with Crippen molar-refractivity contribution < 1.29 is 9.53 Å². The highest BCUT2D eigenvalue weighted by Crippen LogP contribution is 2.18. The van der Waals surface area contributed by atoms with E-state index in [1.165, 1.54) is 6.26 Å². The number of carbonyl (C=O) groups excluding carboxylic acids is 1. The summed E-state index contributed by atoms with van der Waals surface area (Å²) in [5.74, 6) is 0.584. The number of nitrogens with one attached hydrogen (secondary N) is 2. The average molecular weight is 201 g/mol. The molecule has 5 heteroatoms. The second-order valence-corrected chi connectivity index (χ2v) is 3.15. The number of ether oxygens (including phenoxy) is 1. The summed E-state index contributed by atoms with van der Waals surface area (Å²) in [5, 5.41) is 6.84. The highest BCUT2D eigenvalue weighted by Gasteiger charge is 2.15. The zero-order chi connectivity index (χ0) is 10.3. The van der Waals surface area contributed by atoms with Gasteiger partial charge in [0.1, 0.15) is 11.6 Å². The number of carbonyl (C=O) groups is 1. The van der Waals surface area contributed by atoms with Crippen LogP contribution in [0.15, 0.2) is 29.6 Å². The van der Waals surface area contributed by atoms with Crippen LogP contribution in [0.25, 0.3) is 6.20 Å². The minimum atomic E-state index is -0.269. The minimum Gasteiger partial charge on any atom is -0.459 e. The molecule has 0 radical (unpaired) electrons. The lowest BCUT2D eigenvalue weighted by molar-refractivity contribution is 0.255. The summed E-state index contributed by atoms with van der Waals surface area (Å²) >= 11 is 0. The molecule has 0 aliphatic carbocycles. The van der Waals surface area contributed by atoms with E-state index in [0.717, 1.165) is 5.22 Å². The summed E-state index contributed by atoms with van der Waals surface area (Å²) in [4.78, 5) is 15.3. The number of amides is 2. The van der Waals surface area contributed by atoms with Crippen LogP contribution in [0.2, 0.25) is 0 Å². The van der Waals surface area contributed by atoms with Gasteiger partial charge in [-0.25, -0.2) is 9.79 Å². The van der Waals surface area contributed by atoms with E-state index >= 15 is 0 Å². The van der Waals surface area contributed by atoms with Crippen molar-refractivity contribution in [2.24, 2.45) is 4.99 Å². The Morgan fingerprint density at radius 2 is 2.27 bits per heavy atom. The molecule has 0 unspecified atom stereocenters. The number of hydrogen-bond donors (Lipinski definition) is 2. The van der Waals surface area contributed by atoms with Crippen molar-refractivity contribution >= 4 is 17.9 Å². The topological polar surface area (TPSA) is 62.7 Å². The van der Waals surface area contributed by atoms with Crippen molar-refractivity contribution in [2.45, 2.75) is 0 Å². The molecular weight excluding hydrogens is 194 g/mol. The maximum atomic E-state index is 11.2. The smallest absolute Gasteiger partial charge is 0.323 e. The molecule has 2 heterocycles. The third-order valence-electron chi connectivity index (χ3n) is 2.23. The van der Waals surface area contributed by atoms with E-state index in [9.17, 15) is 4.79 Å². The Hall–Kier alpha value is -2.30. The number of fused-ring (bicyclic) bond motifs is 3. The van der Waals surface area contributed by atoms with Gasteiger partial charge in [0.15, 0.2) is 5.75 Å². The lowest BCUT2D eigenvalue weighted by Gasteiger charge is -2.16. The third-order valence-corrected chi connectivity index (χ3v) is 2.23. The maximum Gasteiger partial charge on any atom is 0.323 e. The van der Waals surface area contributed by atoms with Crippen molar-refractivity contribution in [1.82, 2.24) is 5.32 Å². The van der Waals surface area contributed by atoms with Gasteiger partial charge in [-0.3, -0.25) is 0 Å². The molecule has 0 saturated carbocycles. The first-order chi connectivity index (χ1) is 7.34. The van der Waals surface area contributed by atoms with E-state index in [0.29, 0.717) is 16.8 Å². The molecule has 0 atom stereocenters. The van der Waals surface area contributed by atoms with Crippen LogP contribution in [0.1, 0.15) is 0 Å². The van der Waals surface area contributed by atoms with Gasteiger partial charge in [-0.1, -0.05) is 0 Å². The molecule has 2 aliphatic rings. The van der Waals surface area contributed by atoms with E-state index in [-0.39, 0.29) is 6.03 Å². The number of anilines is 1. The Morgan fingerprint density at radius 1 is 1.33 bits per heavy atom. The van der Waals surface area contributed by atoms with E-state index in [1.54, 1.807) is 12.4 Å². The van der Waals surface area contributed by atoms with Crippen LogP contribution in [-0.4, -0.2) is 6.03 Å². The molecule has 15 heavy (non-hydrogen) atoms. The predicted octanol–water partition coefficient (Wildman–Crippen LogP) is 0.0429. The highest BCUT2D eigenvalue weighted by atomic mass is 16.5. The fraction of sp³-hybridized carbons (Fsp3) is 0. The Balaban J connectivity index is 2.34. The second-order valence-electron chi connectivity index (χ2n) is 3.15. The number of rotatable bonds is 0. The molecule has 5 nitrogen and oxygen atoms in total. The molecule has 0 saturated heterocycles. The Kier molecular flexibility index (Phi) is 1.53. The van der Waals surface area contributed by atoms with Gasteiger partial charge in [-0.05, 0) is 12.1 Å². The van der Waals surface area contributed by atoms with Crippen molar-refractivity contribution in [2.75, 3.05) is 5.32 Å². The van der Waals surface area contributed by atoms with Crippen molar-refractivity contribution in [3.63, 3.8) is 0 Å². The lowest BCUT2D eigenvalue weighted by atomic mass is 10.2. The number of benzene rings is 1. The summed E-state index contributed by atoms with van der Waals surface area (Å²) in [7, 11) is 0. The van der Waals surface area contributed by atoms with Crippen LogP contribution >= 0.6 is 0 Å². The molecule has 0 spiro atoms. The van der Waals surface area contributed by atoms with Gasteiger partial charge >= 0.3 is 6.03 Å². The molecule has 1 aromatic carbocycles. The van der Waals surface area contributed by atoms with E-state index < -0.39 is 0 Å². The molecule has 1 aromatic rings. The monoisotopic (exact) mass is 201 g/mol. The van der Waals surface area contributed by atoms with Crippen LogP contribution in [0.4, 0.5) is 10.5 Å². The van der Waals surface area contributed by atoms with E-state index in [2.05, 4.69) is 15.6 Å². The molecule has 0 aromatic heterocycles. The molecule has 0 bridgehead atoms. The average Bonchev–Trinajstić information content (AvgIpc) is 2.29. The van der Waals surface area contributed by atoms with Crippen LogP contribution in [0, 0.1) is 0 Å². The standard InChI is InChI=1S/C10H7N3O2/c14-10-12-5-6-1-2-7-9(8(6)13-10)15-4-3-11-7/h1-5H,(H2,12,13,14).